The van der Waals surface area contributed by atoms with Gasteiger partial charge >= 0.3 is 0 Å². The summed E-state index contributed by atoms with van der Waals surface area (Å²) in [4.78, 5) is 1.48. The molecule has 4 bridgehead atoms. The van der Waals surface area contributed by atoms with E-state index in [2.05, 4.69) is 54.1 Å². The summed E-state index contributed by atoms with van der Waals surface area (Å²) in [5.41, 5.74) is 5.86. The second kappa shape index (κ2) is 5.94. The fraction of sp³-hybridized carbons (Fsp3) is 0.500. The van der Waals surface area contributed by atoms with Gasteiger partial charge < -0.3 is 0 Å². The molecule has 27 heavy (non-hydrogen) atoms. The van der Waals surface area contributed by atoms with E-state index in [1.807, 2.05) is 11.8 Å². The van der Waals surface area contributed by atoms with E-state index in [4.69, 9.17) is 5.11 Å². The molecule has 0 saturated heterocycles. The van der Waals surface area contributed by atoms with E-state index < -0.39 is 0 Å². The number of para-hydroxylation sites is 1. The topological polar surface area (TPSA) is 15.4 Å². The second-order valence-corrected chi connectivity index (χ2v) is 10.4. The highest BCUT2D eigenvalue weighted by atomic mass is 32.2. The molecule has 2 aromatic carbocycles. The van der Waals surface area contributed by atoms with Crippen LogP contribution in [0.3, 0.4) is 0 Å². The Kier molecular flexibility index (Phi) is 3.60. The molecule has 2 aromatic rings. The van der Waals surface area contributed by atoms with Crippen LogP contribution in [0, 0.1) is 24.7 Å². The Morgan fingerprint density at radius 3 is 2.30 bits per heavy atom. The molecule has 138 valence electrons. The SMILES string of the molecule is Cc1cc2c(c(C34CC5CC(CC(C5)C3)C4)c1)SC[N+](c1ccccc1)=N2. The Balaban J connectivity index is 1.46. The number of thioether (sulfide) groups is 1. The second-order valence-electron chi connectivity index (χ2n) is 9.47. The highest BCUT2D eigenvalue weighted by Gasteiger charge is 2.52. The lowest BCUT2D eigenvalue weighted by Crippen LogP contribution is -2.48. The van der Waals surface area contributed by atoms with Crippen molar-refractivity contribution in [1.29, 1.82) is 0 Å². The molecule has 2 nitrogen and oxygen atoms in total. The van der Waals surface area contributed by atoms with E-state index in [9.17, 15) is 0 Å². The Labute approximate surface area is 166 Å². The van der Waals surface area contributed by atoms with E-state index in [1.165, 1.54) is 60.4 Å². The first-order chi connectivity index (χ1) is 13.2. The Hall–Kier alpha value is -1.61. The van der Waals surface area contributed by atoms with Gasteiger partial charge in [0.2, 0.25) is 11.6 Å². The van der Waals surface area contributed by atoms with Crippen molar-refractivity contribution in [3.63, 3.8) is 0 Å². The summed E-state index contributed by atoms with van der Waals surface area (Å²) in [6, 6.07) is 15.4. The van der Waals surface area contributed by atoms with Gasteiger partial charge in [-0.2, -0.15) is 0 Å². The van der Waals surface area contributed by atoms with Crippen molar-refractivity contribution in [1.82, 2.24) is 0 Å². The van der Waals surface area contributed by atoms with Crippen LogP contribution in [-0.4, -0.2) is 10.6 Å². The molecule has 0 radical (unpaired) electrons. The van der Waals surface area contributed by atoms with Crippen LogP contribution in [0.1, 0.15) is 49.7 Å². The van der Waals surface area contributed by atoms with E-state index in [-0.39, 0.29) is 0 Å². The van der Waals surface area contributed by atoms with Crippen LogP contribution in [0.5, 0.6) is 0 Å². The van der Waals surface area contributed by atoms with Crippen LogP contribution in [0.4, 0.5) is 11.4 Å². The molecule has 0 unspecified atom stereocenters. The van der Waals surface area contributed by atoms with E-state index in [0.29, 0.717) is 5.41 Å². The van der Waals surface area contributed by atoms with Crippen molar-refractivity contribution >= 4 is 23.1 Å². The molecule has 4 fully saturated rings. The van der Waals surface area contributed by atoms with Gasteiger partial charge in [0.1, 0.15) is 5.69 Å². The summed E-state index contributed by atoms with van der Waals surface area (Å²) < 4.78 is 2.16. The predicted octanol–water partition coefficient (Wildman–Crippen LogP) is 6.95. The molecule has 0 amide bonds. The lowest BCUT2D eigenvalue weighted by molar-refractivity contribution is -0.488. The number of aryl methyl sites for hydroxylation is 1. The fourth-order valence-electron chi connectivity index (χ4n) is 6.83. The first-order valence-corrected chi connectivity index (χ1v) is 11.5. The first kappa shape index (κ1) is 16.4. The smallest absolute Gasteiger partial charge is 0.0737 e. The van der Waals surface area contributed by atoms with Crippen molar-refractivity contribution < 1.29 is 4.70 Å². The van der Waals surface area contributed by atoms with Crippen molar-refractivity contribution in [3.05, 3.63) is 53.6 Å². The van der Waals surface area contributed by atoms with Gasteiger partial charge in [0.25, 0.3) is 0 Å². The van der Waals surface area contributed by atoms with Crippen LogP contribution in [0.25, 0.3) is 0 Å². The minimum atomic E-state index is 0.447. The zero-order chi connectivity index (χ0) is 18.0. The van der Waals surface area contributed by atoms with Crippen LogP contribution in [0.2, 0.25) is 0 Å². The average Bonchev–Trinajstić information content (AvgIpc) is 2.66. The molecule has 1 aliphatic heterocycles. The molecule has 4 saturated carbocycles. The summed E-state index contributed by atoms with van der Waals surface area (Å²) in [5.74, 6) is 3.87. The van der Waals surface area contributed by atoms with Gasteiger partial charge in [-0.15, -0.1) is 0 Å². The van der Waals surface area contributed by atoms with Gasteiger partial charge in [-0.25, -0.2) is 0 Å². The monoisotopic (exact) mass is 375 g/mol. The van der Waals surface area contributed by atoms with Gasteiger partial charge in [0, 0.05) is 22.1 Å². The molecular formula is C24H27N2S+. The highest BCUT2D eigenvalue weighted by Crippen LogP contribution is 2.62. The minimum absolute atomic E-state index is 0.447. The summed E-state index contributed by atoms with van der Waals surface area (Å²) >= 11 is 2.01. The van der Waals surface area contributed by atoms with Crippen LogP contribution < -0.4 is 0 Å². The first-order valence-electron chi connectivity index (χ1n) is 10.5. The number of nitrogens with zero attached hydrogens (tertiary/aromatic N) is 2. The molecule has 7 rings (SSSR count). The Morgan fingerprint density at radius 1 is 0.963 bits per heavy atom. The third-order valence-electron chi connectivity index (χ3n) is 7.44. The number of fused-ring (bicyclic) bond motifs is 1. The van der Waals surface area contributed by atoms with Crippen molar-refractivity contribution in [2.75, 3.05) is 5.88 Å². The molecular weight excluding hydrogens is 348 g/mol. The van der Waals surface area contributed by atoms with Crippen LogP contribution in [-0.2, 0) is 5.41 Å². The largest absolute Gasteiger partial charge is 0.232 e. The molecule has 4 aliphatic carbocycles. The Bertz CT molecular complexity index is 896. The third kappa shape index (κ3) is 2.61. The molecule has 0 aromatic heterocycles. The van der Waals surface area contributed by atoms with Gasteiger partial charge in [-0.3, -0.25) is 0 Å². The Morgan fingerprint density at radius 2 is 1.63 bits per heavy atom. The average molecular weight is 376 g/mol. The third-order valence-corrected chi connectivity index (χ3v) is 8.53. The summed E-state index contributed by atoms with van der Waals surface area (Å²) in [7, 11) is 0. The normalized spacial score (nSPS) is 33.7. The van der Waals surface area contributed by atoms with Crippen molar-refractivity contribution in [2.45, 2.75) is 55.8 Å². The van der Waals surface area contributed by atoms with Crippen LogP contribution >= 0.6 is 11.8 Å². The maximum Gasteiger partial charge on any atom is 0.232 e. The molecule has 0 N–H and O–H groups in total. The van der Waals surface area contributed by atoms with Gasteiger partial charge in [-0.05, 0) is 85.8 Å². The lowest BCUT2D eigenvalue weighted by Gasteiger charge is -2.57. The van der Waals surface area contributed by atoms with E-state index >= 15 is 0 Å². The summed E-state index contributed by atoms with van der Waals surface area (Å²) in [5, 5.41) is 5.08. The molecule has 1 heterocycles. The highest BCUT2D eigenvalue weighted by molar-refractivity contribution is 7.99. The van der Waals surface area contributed by atoms with E-state index in [0.717, 1.165) is 23.6 Å². The molecule has 0 spiro atoms. The van der Waals surface area contributed by atoms with Gasteiger partial charge in [0.05, 0.1) is 0 Å². The van der Waals surface area contributed by atoms with Crippen LogP contribution in [0.15, 0.2) is 52.5 Å². The van der Waals surface area contributed by atoms with E-state index in [1.54, 1.807) is 5.56 Å². The summed E-state index contributed by atoms with van der Waals surface area (Å²) in [6.45, 7) is 2.26. The standard InChI is InChI=1S/C24H27N2S/c1-16-7-21(24-12-17-9-18(13-24)11-19(10-17)14-24)23-22(8-16)25-26(15-27-23)20-5-3-2-4-6-20/h2-8,17-19H,9-15H2,1H3/q+1. The zero-order valence-electron chi connectivity index (χ0n) is 16.0. The van der Waals surface area contributed by atoms with Gasteiger partial charge in [0.15, 0.2) is 0 Å². The number of hydrogen-bond acceptors (Lipinski definition) is 2. The number of hydrogen-bond donors (Lipinski definition) is 0. The number of azo groups is 2. The minimum Gasteiger partial charge on any atom is -0.0737 e. The number of rotatable bonds is 2. The molecule has 3 heteroatoms. The quantitative estimate of drug-likeness (QED) is 0.518. The summed E-state index contributed by atoms with van der Waals surface area (Å²) in [6.07, 6.45) is 8.80. The molecule has 0 atom stereocenters. The van der Waals surface area contributed by atoms with Crippen molar-refractivity contribution in [3.8, 4) is 0 Å². The maximum absolute atomic E-state index is 5.08. The maximum atomic E-state index is 5.08. The molecule has 5 aliphatic rings. The zero-order valence-corrected chi connectivity index (χ0v) is 16.8. The predicted molar refractivity (Wildman–Crippen MR) is 110 cm³/mol. The lowest BCUT2D eigenvalue weighted by atomic mass is 9.48. The fourth-order valence-corrected chi connectivity index (χ4v) is 7.97. The number of benzene rings is 2. The van der Waals surface area contributed by atoms with Gasteiger partial charge in [-0.1, -0.05) is 40.7 Å². The van der Waals surface area contributed by atoms with Crippen molar-refractivity contribution in [2.24, 2.45) is 22.9 Å².